The van der Waals surface area contributed by atoms with E-state index < -0.39 is 0 Å². The Balaban J connectivity index is 2.53. The standard InChI is InChI=1S/C8H15NS2/c1-4-6-7(5-2)11-8(9-6)10-3/h6-7H,4-5H2,1-3H3/t6-,7-/m0/s1. The highest BCUT2D eigenvalue weighted by atomic mass is 32.2. The topological polar surface area (TPSA) is 12.4 Å². The highest BCUT2D eigenvalue weighted by Crippen LogP contribution is 2.34. The van der Waals surface area contributed by atoms with Gasteiger partial charge in [0.05, 0.1) is 6.04 Å². The first kappa shape index (κ1) is 9.46. The van der Waals surface area contributed by atoms with Crippen molar-refractivity contribution in [3.63, 3.8) is 0 Å². The SMILES string of the molecule is CC[C@@H]1N=C(SC)S[C@H]1CC. The molecule has 0 aromatic heterocycles. The van der Waals surface area contributed by atoms with Gasteiger partial charge < -0.3 is 0 Å². The number of thioether (sulfide) groups is 2. The van der Waals surface area contributed by atoms with E-state index in [2.05, 4.69) is 25.1 Å². The summed E-state index contributed by atoms with van der Waals surface area (Å²) in [5.41, 5.74) is 0. The summed E-state index contributed by atoms with van der Waals surface area (Å²) >= 11 is 3.74. The van der Waals surface area contributed by atoms with Gasteiger partial charge in [0.15, 0.2) is 0 Å². The molecule has 1 aliphatic rings. The van der Waals surface area contributed by atoms with Gasteiger partial charge in [-0.2, -0.15) is 0 Å². The van der Waals surface area contributed by atoms with Crippen LogP contribution in [0.5, 0.6) is 0 Å². The van der Waals surface area contributed by atoms with Gasteiger partial charge in [0, 0.05) is 5.25 Å². The van der Waals surface area contributed by atoms with Crippen molar-refractivity contribution < 1.29 is 0 Å². The van der Waals surface area contributed by atoms with Crippen LogP contribution in [0.4, 0.5) is 0 Å². The molecular weight excluding hydrogens is 174 g/mol. The zero-order chi connectivity index (χ0) is 8.27. The van der Waals surface area contributed by atoms with E-state index in [1.165, 1.54) is 17.2 Å². The van der Waals surface area contributed by atoms with Crippen molar-refractivity contribution in [3.05, 3.63) is 0 Å². The first-order chi connectivity index (χ1) is 5.31. The molecule has 1 rings (SSSR count). The summed E-state index contributed by atoms with van der Waals surface area (Å²) in [5.74, 6) is 0. The summed E-state index contributed by atoms with van der Waals surface area (Å²) in [6.07, 6.45) is 4.54. The van der Waals surface area contributed by atoms with Crippen LogP contribution in [-0.2, 0) is 0 Å². The van der Waals surface area contributed by atoms with Crippen LogP contribution in [0.15, 0.2) is 4.99 Å². The van der Waals surface area contributed by atoms with Gasteiger partial charge in [-0.1, -0.05) is 25.6 Å². The molecule has 0 aromatic rings. The molecule has 0 unspecified atom stereocenters. The highest BCUT2D eigenvalue weighted by Gasteiger charge is 2.26. The maximum atomic E-state index is 4.62. The van der Waals surface area contributed by atoms with Crippen molar-refractivity contribution in [2.24, 2.45) is 4.99 Å². The Labute approximate surface area is 77.4 Å². The van der Waals surface area contributed by atoms with Gasteiger partial charge in [-0.25, -0.2) is 0 Å². The van der Waals surface area contributed by atoms with Crippen LogP contribution in [0.25, 0.3) is 0 Å². The van der Waals surface area contributed by atoms with Crippen molar-refractivity contribution >= 4 is 27.9 Å². The minimum Gasteiger partial charge on any atom is -0.267 e. The molecule has 0 fully saturated rings. The number of nitrogens with zero attached hydrogens (tertiary/aromatic N) is 1. The van der Waals surface area contributed by atoms with Crippen LogP contribution in [0.2, 0.25) is 0 Å². The summed E-state index contributed by atoms with van der Waals surface area (Å²) < 4.78 is 1.28. The van der Waals surface area contributed by atoms with Crippen LogP contribution in [0, 0.1) is 0 Å². The maximum absolute atomic E-state index is 4.62. The monoisotopic (exact) mass is 189 g/mol. The molecule has 3 heteroatoms. The van der Waals surface area contributed by atoms with E-state index in [4.69, 9.17) is 0 Å². The smallest absolute Gasteiger partial charge is 0.124 e. The Morgan fingerprint density at radius 2 is 2.18 bits per heavy atom. The first-order valence-electron chi connectivity index (χ1n) is 4.10. The molecule has 1 aliphatic heterocycles. The Bertz CT molecular complexity index is 156. The Morgan fingerprint density at radius 3 is 2.55 bits per heavy atom. The summed E-state index contributed by atoms with van der Waals surface area (Å²) in [4.78, 5) is 4.62. The Hall–Kier alpha value is 0.370. The van der Waals surface area contributed by atoms with Gasteiger partial charge in [-0.15, -0.1) is 11.8 Å². The number of aliphatic imine (C=N–C) groups is 1. The largest absolute Gasteiger partial charge is 0.267 e. The molecule has 11 heavy (non-hydrogen) atoms. The van der Waals surface area contributed by atoms with Crippen molar-refractivity contribution in [3.8, 4) is 0 Å². The predicted octanol–water partition coefficient (Wildman–Crippen LogP) is 3.01. The zero-order valence-corrected chi connectivity index (χ0v) is 8.97. The van der Waals surface area contributed by atoms with E-state index in [1.54, 1.807) is 11.8 Å². The molecule has 0 bridgehead atoms. The molecule has 64 valence electrons. The third kappa shape index (κ3) is 2.15. The molecule has 0 radical (unpaired) electrons. The predicted molar refractivity (Wildman–Crippen MR) is 56.7 cm³/mol. The van der Waals surface area contributed by atoms with Crippen LogP contribution in [0.1, 0.15) is 26.7 Å². The third-order valence-electron chi connectivity index (χ3n) is 1.95. The molecule has 0 spiro atoms. The second kappa shape index (κ2) is 4.41. The first-order valence-corrected chi connectivity index (χ1v) is 6.20. The van der Waals surface area contributed by atoms with Gasteiger partial charge >= 0.3 is 0 Å². The van der Waals surface area contributed by atoms with Gasteiger partial charge in [0.1, 0.15) is 4.38 Å². The molecular formula is C8H15NS2. The lowest BCUT2D eigenvalue weighted by Gasteiger charge is -2.11. The molecule has 2 atom stereocenters. The molecule has 0 amide bonds. The van der Waals surface area contributed by atoms with E-state index in [9.17, 15) is 0 Å². The van der Waals surface area contributed by atoms with Crippen LogP contribution < -0.4 is 0 Å². The summed E-state index contributed by atoms with van der Waals surface area (Å²) in [5, 5.41) is 0.752. The highest BCUT2D eigenvalue weighted by molar-refractivity contribution is 8.39. The van der Waals surface area contributed by atoms with Crippen LogP contribution in [-0.4, -0.2) is 21.9 Å². The fourth-order valence-corrected chi connectivity index (χ4v) is 3.30. The number of hydrogen-bond acceptors (Lipinski definition) is 3. The fourth-order valence-electron chi connectivity index (χ4n) is 1.27. The second-order valence-electron chi connectivity index (χ2n) is 2.64. The van der Waals surface area contributed by atoms with Crippen LogP contribution >= 0.6 is 23.5 Å². The molecule has 0 aliphatic carbocycles. The van der Waals surface area contributed by atoms with Gasteiger partial charge in [0.2, 0.25) is 0 Å². The van der Waals surface area contributed by atoms with E-state index in [-0.39, 0.29) is 0 Å². The van der Waals surface area contributed by atoms with E-state index in [0.29, 0.717) is 6.04 Å². The molecule has 1 nitrogen and oxygen atoms in total. The minimum atomic E-state index is 0.590. The lowest BCUT2D eigenvalue weighted by Crippen LogP contribution is -2.14. The summed E-state index contributed by atoms with van der Waals surface area (Å²) in [6.45, 7) is 4.47. The van der Waals surface area contributed by atoms with Gasteiger partial charge in [0.25, 0.3) is 0 Å². The molecule has 0 N–H and O–H groups in total. The number of rotatable bonds is 2. The van der Waals surface area contributed by atoms with Gasteiger partial charge in [-0.05, 0) is 19.1 Å². The average molecular weight is 189 g/mol. The maximum Gasteiger partial charge on any atom is 0.124 e. The molecule has 0 saturated heterocycles. The lowest BCUT2D eigenvalue weighted by atomic mass is 10.1. The van der Waals surface area contributed by atoms with Crippen molar-refractivity contribution in [1.82, 2.24) is 0 Å². The van der Waals surface area contributed by atoms with E-state index in [0.717, 1.165) is 5.25 Å². The fraction of sp³-hybridized carbons (Fsp3) is 0.875. The number of hydrogen-bond donors (Lipinski definition) is 0. The average Bonchev–Trinajstić information content (AvgIpc) is 2.46. The Morgan fingerprint density at radius 1 is 1.45 bits per heavy atom. The lowest BCUT2D eigenvalue weighted by molar-refractivity contribution is 0.616. The molecule has 0 saturated carbocycles. The van der Waals surface area contributed by atoms with Crippen LogP contribution in [0.3, 0.4) is 0 Å². The van der Waals surface area contributed by atoms with Crippen molar-refractivity contribution in [1.29, 1.82) is 0 Å². The van der Waals surface area contributed by atoms with E-state index >= 15 is 0 Å². The quantitative estimate of drug-likeness (QED) is 0.662. The summed E-state index contributed by atoms with van der Waals surface area (Å²) in [6, 6.07) is 0.590. The second-order valence-corrected chi connectivity index (χ2v) is 4.92. The minimum absolute atomic E-state index is 0.590. The molecule has 1 heterocycles. The van der Waals surface area contributed by atoms with E-state index in [1.807, 2.05) is 11.8 Å². The third-order valence-corrected chi connectivity index (χ3v) is 4.45. The van der Waals surface area contributed by atoms with Gasteiger partial charge in [-0.3, -0.25) is 4.99 Å². The normalized spacial score (nSPS) is 30.6. The summed E-state index contributed by atoms with van der Waals surface area (Å²) in [7, 11) is 0. The zero-order valence-electron chi connectivity index (χ0n) is 7.33. The Kier molecular flexibility index (Phi) is 3.79. The van der Waals surface area contributed by atoms with Crippen molar-refractivity contribution in [2.75, 3.05) is 6.26 Å². The molecule has 0 aromatic carbocycles. The van der Waals surface area contributed by atoms with Crippen molar-refractivity contribution in [2.45, 2.75) is 38.0 Å².